The van der Waals surface area contributed by atoms with Crippen molar-refractivity contribution >= 4 is 46.5 Å². The van der Waals surface area contributed by atoms with Crippen LogP contribution in [0.15, 0.2) is 101 Å². The number of rotatable bonds is 6. The van der Waals surface area contributed by atoms with Crippen LogP contribution in [-0.2, 0) is 0 Å². The fourth-order valence-electron chi connectivity index (χ4n) is 3.68. The highest BCUT2D eigenvalue weighted by Crippen LogP contribution is 2.31. The Labute approximate surface area is 208 Å². The first-order valence-electron chi connectivity index (χ1n) is 10.7. The van der Waals surface area contributed by atoms with Crippen molar-refractivity contribution in [3.05, 3.63) is 118 Å². The number of amides is 3. The van der Waals surface area contributed by atoms with Crippen molar-refractivity contribution in [1.82, 2.24) is 4.98 Å². The topological polar surface area (TPSA) is 123 Å². The van der Waals surface area contributed by atoms with Gasteiger partial charge in [0.05, 0.1) is 27.9 Å². The summed E-state index contributed by atoms with van der Waals surface area (Å²) in [7, 11) is 0. The molecule has 0 bridgehead atoms. The Morgan fingerprint density at radius 1 is 0.889 bits per heavy atom. The smallest absolute Gasteiger partial charge is 0.269 e. The van der Waals surface area contributed by atoms with Gasteiger partial charge in [0.15, 0.2) is 0 Å². The molecule has 0 spiro atoms. The summed E-state index contributed by atoms with van der Waals surface area (Å²) in [6.07, 6.45) is 2.98. The lowest BCUT2D eigenvalue weighted by molar-refractivity contribution is -0.384. The molecular formula is C26H16N4O5S. The number of benzene rings is 3. The van der Waals surface area contributed by atoms with Crippen molar-refractivity contribution in [3.8, 4) is 0 Å². The highest BCUT2D eigenvalue weighted by atomic mass is 32.2. The van der Waals surface area contributed by atoms with Crippen LogP contribution in [0.4, 0.5) is 17.1 Å². The van der Waals surface area contributed by atoms with Crippen LogP contribution in [0.25, 0.3) is 0 Å². The van der Waals surface area contributed by atoms with E-state index < -0.39 is 22.6 Å². The quantitative estimate of drug-likeness (QED) is 0.221. The van der Waals surface area contributed by atoms with Crippen molar-refractivity contribution in [2.45, 2.75) is 9.79 Å². The summed E-state index contributed by atoms with van der Waals surface area (Å²) in [6.45, 7) is 0. The van der Waals surface area contributed by atoms with Crippen molar-refractivity contribution in [2.24, 2.45) is 0 Å². The zero-order chi connectivity index (χ0) is 25.2. The van der Waals surface area contributed by atoms with E-state index in [-0.39, 0.29) is 22.4 Å². The molecule has 0 radical (unpaired) electrons. The lowest BCUT2D eigenvalue weighted by atomic mass is 10.1. The maximum atomic E-state index is 12.9. The maximum absolute atomic E-state index is 12.9. The Bertz CT molecular complexity index is 1510. The molecule has 3 amide bonds. The SMILES string of the molecule is O=C(Nc1ccc(Sc2ccc([N+](=O)[O-])cc2)cc1)c1ccc2c(c1)C(=O)N(c1cccnc1)C2=O. The molecule has 9 nitrogen and oxygen atoms in total. The lowest BCUT2D eigenvalue weighted by Crippen LogP contribution is -2.29. The van der Waals surface area contributed by atoms with E-state index in [4.69, 9.17) is 0 Å². The molecule has 36 heavy (non-hydrogen) atoms. The number of carbonyl (C=O) groups excluding carboxylic acids is 3. The second-order valence-corrected chi connectivity index (χ2v) is 8.90. The molecule has 0 aliphatic carbocycles. The average Bonchev–Trinajstić information content (AvgIpc) is 3.15. The Kier molecular flexibility index (Phi) is 6.01. The molecule has 1 aliphatic rings. The molecule has 0 saturated carbocycles. The first-order valence-corrected chi connectivity index (χ1v) is 11.5. The number of nitro benzene ring substituents is 1. The summed E-state index contributed by atoms with van der Waals surface area (Å²) in [5.41, 5.74) is 1.57. The Hall–Kier alpha value is -4.83. The zero-order valence-electron chi connectivity index (χ0n) is 18.5. The molecule has 0 saturated heterocycles. The molecule has 1 aliphatic heterocycles. The van der Waals surface area contributed by atoms with Crippen molar-refractivity contribution in [1.29, 1.82) is 0 Å². The first-order chi connectivity index (χ1) is 17.4. The van der Waals surface area contributed by atoms with Crippen LogP contribution < -0.4 is 10.2 Å². The number of fused-ring (bicyclic) bond motifs is 1. The third kappa shape index (κ3) is 4.44. The Balaban J connectivity index is 1.28. The molecule has 176 valence electrons. The molecule has 5 rings (SSSR count). The minimum absolute atomic E-state index is 0.0276. The number of carbonyl (C=O) groups is 3. The normalized spacial score (nSPS) is 12.4. The number of aromatic nitrogens is 1. The van der Waals surface area contributed by atoms with Gasteiger partial charge in [-0.1, -0.05) is 11.8 Å². The minimum Gasteiger partial charge on any atom is -0.322 e. The van der Waals surface area contributed by atoms with E-state index >= 15 is 0 Å². The van der Waals surface area contributed by atoms with E-state index in [1.54, 1.807) is 42.6 Å². The summed E-state index contributed by atoms with van der Waals surface area (Å²) in [4.78, 5) is 55.5. The second-order valence-electron chi connectivity index (χ2n) is 7.75. The molecule has 0 fully saturated rings. The van der Waals surface area contributed by atoms with Crippen LogP contribution in [0, 0.1) is 10.1 Å². The van der Waals surface area contributed by atoms with E-state index in [0.717, 1.165) is 14.7 Å². The van der Waals surface area contributed by atoms with Gasteiger partial charge < -0.3 is 5.32 Å². The maximum Gasteiger partial charge on any atom is 0.269 e. The summed E-state index contributed by atoms with van der Waals surface area (Å²) >= 11 is 1.43. The largest absolute Gasteiger partial charge is 0.322 e. The summed E-state index contributed by atoms with van der Waals surface area (Å²) in [5, 5.41) is 13.6. The van der Waals surface area contributed by atoms with E-state index in [1.165, 1.54) is 48.3 Å². The monoisotopic (exact) mass is 496 g/mol. The number of pyridine rings is 1. The van der Waals surface area contributed by atoms with Crippen molar-refractivity contribution in [3.63, 3.8) is 0 Å². The summed E-state index contributed by atoms with van der Waals surface area (Å²) < 4.78 is 0. The van der Waals surface area contributed by atoms with Crippen LogP contribution in [-0.4, -0.2) is 27.6 Å². The molecule has 1 N–H and O–H groups in total. The van der Waals surface area contributed by atoms with Crippen molar-refractivity contribution < 1.29 is 19.3 Å². The van der Waals surface area contributed by atoms with Crippen LogP contribution in [0.5, 0.6) is 0 Å². The lowest BCUT2D eigenvalue weighted by Gasteiger charge is -2.12. The predicted octanol–water partition coefficient (Wildman–Crippen LogP) is 5.19. The van der Waals surface area contributed by atoms with E-state index in [1.807, 2.05) is 12.1 Å². The van der Waals surface area contributed by atoms with Gasteiger partial charge in [0, 0.05) is 39.4 Å². The number of non-ortho nitro benzene ring substituents is 1. The number of anilines is 2. The molecule has 10 heteroatoms. The number of hydrogen-bond acceptors (Lipinski definition) is 7. The zero-order valence-corrected chi connectivity index (χ0v) is 19.3. The second kappa shape index (κ2) is 9.43. The van der Waals surface area contributed by atoms with Gasteiger partial charge in [-0.05, 0) is 66.7 Å². The highest BCUT2D eigenvalue weighted by molar-refractivity contribution is 7.99. The number of nitrogens with zero attached hydrogens (tertiary/aromatic N) is 3. The third-order valence-electron chi connectivity index (χ3n) is 5.45. The van der Waals surface area contributed by atoms with E-state index in [0.29, 0.717) is 11.4 Å². The highest BCUT2D eigenvalue weighted by Gasteiger charge is 2.37. The van der Waals surface area contributed by atoms with Gasteiger partial charge in [-0.2, -0.15) is 0 Å². The Morgan fingerprint density at radius 3 is 2.19 bits per heavy atom. The third-order valence-corrected chi connectivity index (χ3v) is 6.46. The molecule has 0 atom stereocenters. The first kappa shape index (κ1) is 22.9. The Morgan fingerprint density at radius 2 is 1.56 bits per heavy atom. The van der Waals surface area contributed by atoms with E-state index in [2.05, 4.69) is 10.3 Å². The van der Waals surface area contributed by atoms with Crippen LogP contribution in [0.2, 0.25) is 0 Å². The standard InChI is InChI=1S/C26H16N4O5S/c31-24(28-17-4-8-20(9-5-17)36-21-10-6-18(7-11-21)30(34)35)16-3-12-22-23(14-16)26(33)29(25(22)32)19-2-1-13-27-15-19/h1-15H,(H,28,31). The van der Waals surface area contributed by atoms with Gasteiger partial charge in [0.1, 0.15) is 0 Å². The average molecular weight is 497 g/mol. The van der Waals surface area contributed by atoms with Gasteiger partial charge in [0.2, 0.25) is 0 Å². The van der Waals surface area contributed by atoms with E-state index in [9.17, 15) is 24.5 Å². The molecule has 3 aromatic carbocycles. The van der Waals surface area contributed by atoms with Gasteiger partial charge in [-0.3, -0.25) is 29.5 Å². The number of nitro groups is 1. The molecule has 0 unspecified atom stereocenters. The number of nitrogens with one attached hydrogen (secondary N) is 1. The molecular weight excluding hydrogens is 480 g/mol. The van der Waals surface area contributed by atoms with Gasteiger partial charge in [0.25, 0.3) is 23.4 Å². The van der Waals surface area contributed by atoms with Gasteiger partial charge in [-0.15, -0.1) is 0 Å². The molecule has 4 aromatic rings. The fraction of sp³-hybridized carbons (Fsp3) is 0. The number of imide groups is 1. The van der Waals surface area contributed by atoms with Gasteiger partial charge in [-0.25, -0.2) is 4.90 Å². The molecule has 1 aromatic heterocycles. The number of hydrogen-bond donors (Lipinski definition) is 1. The summed E-state index contributed by atoms with van der Waals surface area (Å²) in [6, 6.07) is 21.0. The predicted molar refractivity (Wildman–Crippen MR) is 133 cm³/mol. The fourth-order valence-corrected chi connectivity index (χ4v) is 4.50. The van der Waals surface area contributed by atoms with Gasteiger partial charge >= 0.3 is 0 Å². The van der Waals surface area contributed by atoms with Crippen LogP contribution >= 0.6 is 11.8 Å². The van der Waals surface area contributed by atoms with Crippen LogP contribution in [0.3, 0.4) is 0 Å². The summed E-state index contributed by atoms with van der Waals surface area (Å²) in [5.74, 6) is -1.39. The van der Waals surface area contributed by atoms with Crippen LogP contribution in [0.1, 0.15) is 31.1 Å². The minimum atomic E-state index is -0.509. The van der Waals surface area contributed by atoms with Crippen molar-refractivity contribution in [2.75, 3.05) is 10.2 Å². The molecule has 2 heterocycles.